The highest BCUT2D eigenvalue weighted by atomic mass is 16.3. The van der Waals surface area contributed by atoms with E-state index < -0.39 is 0 Å². The molecule has 0 atom stereocenters. The zero-order valence-corrected chi connectivity index (χ0v) is 23.6. The Balaban J connectivity index is 1.26. The molecule has 0 fully saturated rings. The summed E-state index contributed by atoms with van der Waals surface area (Å²) in [5.74, 6) is 1.82. The molecular formula is C39H24N4O. The van der Waals surface area contributed by atoms with Gasteiger partial charge in [-0.15, -0.1) is 0 Å². The summed E-state index contributed by atoms with van der Waals surface area (Å²) in [4.78, 5) is 14.8. The van der Waals surface area contributed by atoms with E-state index in [0.29, 0.717) is 17.5 Å². The number of benzene rings is 6. The van der Waals surface area contributed by atoms with Crippen LogP contribution in [0.3, 0.4) is 0 Å². The molecule has 0 amide bonds. The van der Waals surface area contributed by atoms with E-state index in [-0.39, 0.29) is 0 Å². The Morgan fingerprint density at radius 2 is 0.977 bits per heavy atom. The zero-order chi connectivity index (χ0) is 29.0. The lowest BCUT2D eigenvalue weighted by molar-refractivity contribution is 0.669. The van der Waals surface area contributed by atoms with Gasteiger partial charge in [0.2, 0.25) is 0 Å². The van der Waals surface area contributed by atoms with E-state index in [1.807, 2.05) is 72.8 Å². The van der Waals surface area contributed by atoms with Crippen LogP contribution in [-0.2, 0) is 0 Å². The lowest BCUT2D eigenvalue weighted by atomic mass is 10.1. The molecule has 0 unspecified atom stereocenters. The van der Waals surface area contributed by atoms with Crippen LogP contribution >= 0.6 is 0 Å². The first kappa shape index (κ1) is 24.5. The second-order valence-electron chi connectivity index (χ2n) is 10.9. The molecule has 5 nitrogen and oxygen atoms in total. The summed E-state index contributed by atoms with van der Waals surface area (Å²) in [6.45, 7) is 0. The fourth-order valence-corrected chi connectivity index (χ4v) is 6.23. The Kier molecular flexibility index (Phi) is 5.43. The van der Waals surface area contributed by atoms with Crippen molar-refractivity contribution in [2.45, 2.75) is 0 Å². The van der Waals surface area contributed by atoms with Crippen LogP contribution in [0.15, 0.2) is 150 Å². The molecule has 0 aliphatic carbocycles. The number of rotatable bonds is 4. The van der Waals surface area contributed by atoms with Crippen molar-refractivity contribution in [3.63, 3.8) is 0 Å². The molecule has 0 saturated carbocycles. The number of aromatic nitrogens is 4. The van der Waals surface area contributed by atoms with Crippen LogP contribution in [0.4, 0.5) is 0 Å². The number of furan rings is 1. The van der Waals surface area contributed by atoms with Crippen molar-refractivity contribution >= 4 is 43.7 Å². The molecule has 0 saturated heterocycles. The van der Waals surface area contributed by atoms with E-state index in [9.17, 15) is 0 Å². The monoisotopic (exact) mass is 564 g/mol. The molecule has 9 rings (SSSR count). The number of hydrogen-bond acceptors (Lipinski definition) is 4. The second kappa shape index (κ2) is 9.75. The topological polar surface area (TPSA) is 56.7 Å². The van der Waals surface area contributed by atoms with E-state index in [0.717, 1.165) is 44.3 Å². The quantitative estimate of drug-likeness (QED) is 0.213. The van der Waals surface area contributed by atoms with Gasteiger partial charge >= 0.3 is 0 Å². The van der Waals surface area contributed by atoms with Gasteiger partial charge in [-0.05, 0) is 36.4 Å². The van der Waals surface area contributed by atoms with Crippen molar-refractivity contribution < 1.29 is 4.42 Å². The predicted octanol–water partition coefficient (Wildman–Crippen LogP) is 9.87. The van der Waals surface area contributed by atoms with E-state index in [1.165, 1.54) is 21.8 Å². The summed E-state index contributed by atoms with van der Waals surface area (Å²) in [7, 11) is 0. The van der Waals surface area contributed by atoms with E-state index in [1.54, 1.807) is 0 Å². The van der Waals surface area contributed by atoms with Crippen molar-refractivity contribution in [2.75, 3.05) is 0 Å². The average molecular weight is 565 g/mol. The first-order valence-corrected chi connectivity index (χ1v) is 14.6. The molecule has 0 spiro atoms. The van der Waals surface area contributed by atoms with Gasteiger partial charge in [-0.2, -0.15) is 0 Å². The molecule has 0 radical (unpaired) electrons. The summed E-state index contributed by atoms with van der Waals surface area (Å²) in [6, 6.07) is 49.8. The average Bonchev–Trinajstić information content (AvgIpc) is 3.64. The normalized spacial score (nSPS) is 11.6. The first-order chi connectivity index (χ1) is 21.8. The first-order valence-electron chi connectivity index (χ1n) is 14.6. The van der Waals surface area contributed by atoms with Crippen LogP contribution in [0.5, 0.6) is 0 Å². The summed E-state index contributed by atoms with van der Waals surface area (Å²) >= 11 is 0. The SMILES string of the molecule is c1ccc(-c2nc(-c3ccccc3)nc(-c3cccc4c3oc3ccc(-n5c6ccccc6c6ccccc65)cc34)n2)cc1. The lowest BCUT2D eigenvalue weighted by Gasteiger charge is -2.08. The van der Waals surface area contributed by atoms with Crippen molar-refractivity contribution in [1.29, 1.82) is 0 Å². The van der Waals surface area contributed by atoms with Crippen LogP contribution in [-0.4, -0.2) is 19.5 Å². The van der Waals surface area contributed by atoms with E-state index >= 15 is 0 Å². The number of nitrogens with zero attached hydrogens (tertiary/aromatic N) is 4. The van der Waals surface area contributed by atoms with Gasteiger partial charge in [-0.1, -0.05) is 109 Å². The lowest BCUT2D eigenvalue weighted by Crippen LogP contribution is -2.00. The molecule has 44 heavy (non-hydrogen) atoms. The van der Waals surface area contributed by atoms with E-state index in [4.69, 9.17) is 19.4 Å². The van der Waals surface area contributed by atoms with E-state index in [2.05, 4.69) is 77.4 Å². The van der Waals surface area contributed by atoms with Gasteiger partial charge in [0, 0.05) is 38.4 Å². The third-order valence-electron chi connectivity index (χ3n) is 8.26. The minimum atomic E-state index is 0.574. The Bertz CT molecular complexity index is 2380. The fraction of sp³-hybridized carbons (Fsp3) is 0. The van der Waals surface area contributed by atoms with Gasteiger partial charge in [0.05, 0.1) is 16.6 Å². The van der Waals surface area contributed by atoms with Gasteiger partial charge in [-0.3, -0.25) is 0 Å². The molecule has 0 bridgehead atoms. The van der Waals surface area contributed by atoms with Gasteiger partial charge in [0.1, 0.15) is 11.2 Å². The highest BCUT2D eigenvalue weighted by molar-refractivity contribution is 6.12. The summed E-state index contributed by atoms with van der Waals surface area (Å²) < 4.78 is 8.90. The van der Waals surface area contributed by atoms with Crippen LogP contribution in [0.1, 0.15) is 0 Å². The van der Waals surface area contributed by atoms with Crippen LogP contribution in [0, 0.1) is 0 Å². The molecule has 3 heterocycles. The highest BCUT2D eigenvalue weighted by Crippen LogP contribution is 2.38. The molecule has 9 aromatic rings. The Morgan fingerprint density at radius 1 is 0.432 bits per heavy atom. The molecule has 5 heteroatoms. The summed E-state index contributed by atoms with van der Waals surface area (Å²) in [6.07, 6.45) is 0. The molecule has 0 aliphatic heterocycles. The minimum Gasteiger partial charge on any atom is -0.455 e. The van der Waals surface area contributed by atoms with Crippen LogP contribution in [0.25, 0.3) is 83.6 Å². The van der Waals surface area contributed by atoms with Gasteiger partial charge in [-0.25, -0.2) is 15.0 Å². The standard InChI is InChI=1S/C39H24N4O/c1-3-12-25(13-4-1)37-40-38(26-14-5-2-6-15-26)42-39(41-37)31-19-11-18-30-32-24-27(22-23-35(32)44-36(30)31)43-33-20-9-7-16-28(33)29-17-8-10-21-34(29)43/h1-24H. The maximum absolute atomic E-state index is 6.57. The van der Waals surface area contributed by atoms with Gasteiger partial charge < -0.3 is 8.98 Å². The second-order valence-corrected chi connectivity index (χ2v) is 10.9. The molecule has 6 aromatic carbocycles. The fourth-order valence-electron chi connectivity index (χ4n) is 6.23. The summed E-state index contributed by atoms with van der Waals surface area (Å²) in [5, 5.41) is 4.53. The molecule has 3 aromatic heterocycles. The number of fused-ring (bicyclic) bond motifs is 6. The van der Waals surface area contributed by atoms with Crippen LogP contribution < -0.4 is 0 Å². The Morgan fingerprint density at radius 3 is 1.61 bits per heavy atom. The Hall–Kier alpha value is -6.07. The predicted molar refractivity (Wildman–Crippen MR) is 178 cm³/mol. The van der Waals surface area contributed by atoms with Crippen LogP contribution in [0.2, 0.25) is 0 Å². The molecule has 206 valence electrons. The van der Waals surface area contributed by atoms with Gasteiger partial charge in [0.25, 0.3) is 0 Å². The highest BCUT2D eigenvalue weighted by Gasteiger charge is 2.19. The summed E-state index contributed by atoms with van der Waals surface area (Å²) in [5.41, 5.74) is 7.70. The van der Waals surface area contributed by atoms with Crippen molar-refractivity contribution in [3.05, 3.63) is 146 Å². The van der Waals surface area contributed by atoms with Gasteiger partial charge in [0.15, 0.2) is 17.5 Å². The maximum atomic E-state index is 6.57. The third kappa shape index (κ3) is 3.83. The van der Waals surface area contributed by atoms with Crippen molar-refractivity contribution in [3.8, 4) is 39.9 Å². The molecule has 0 aliphatic rings. The maximum Gasteiger partial charge on any atom is 0.167 e. The molecule has 0 N–H and O–H groups in total. The largest absolute Gasteiger partial charge is 0.455 e. The third-order valence-corrected chi connectivity index (χ3v) is 8.26. The van der Waals surface area contributed by atoms with Crippen molar-refractivity contribution in [2.24, 2.45) is 0 Å². The van der Waals surface area contributed by atoms with Crippen molar-refractivity contribution in [1.82, 2.24) is 19.5 Å². The smallest absolute Gasteiger partial charge is 0.167 e. The number of hydrogen-bond donors (Lipinski definition) is 0. The molecular weight excluding hydrogens is 540 g/mol. The minimum absolute atomic E-state index is 0.574. The number of para-hydroxylation sites is 3. The Labute approximate surface area is 252 Å². The zero-order valence-electron chi connectivity index (χ0n) is 23.6.